The van der Waals surface area contributed by atoms with E-state index >= 15 is 0 Å². The number of halogens is 6. The maximum Gasteiger partial charge on any atom is 0.490 e. The Balaban J connectivity index is 0. The molecule has 84 valence electrons. The van der Waals surface area contributed by atoms with Gasteiger partial charge in [-0.1, -0.05) is 0 Å². The normalized spacial score (nSPS) is 11.3. The van der Waals surface area contributed by atoms with Crippen LogP contribution in [-0.2, 0) is 9.59 Å². The standard InChI is InChI=1S/2C2HF3O2/c2*3-2(4,5)1(6)7/h2*(H,6,7). The number of carboxylic acid groups (broad SMARTS) is 2. The van der Waals surface area contributed by atoms with Gasteiger partial charge < -0.3 is 10.2 Å². The predicted octanol–water partition coefficient (Wildman–Crippen LogP) is 1.27. The molecule has 0 aliphatic heterocycles. The van der Waals surface area contributed by atoms with Crippen molar-refractivity contribution in [1.29, 1.82) is 0 Å². The second-order valence-corrected chi connectivity index (χ2v) is 1.61. The maximum absolute atomic E-state index is 10.6. The van der Waals surface area contributed by atoms with Crippen LogP contribution < -0.4 is 0 Å². The monoisotopic (exact) mass is 228 g/mol. The topological polar surface area (TPSA) is 74.6 Å². The van der Waals surface area contributed by atoms with Crippen molar-refractivity contribution in [3.63, 3.8) is 0 Å². The molecule has 10 heteroatoms. The Morgan fingerprint density at radius 3 is 0.786 bits per heavy atom. The molecule has 4 nitrogen and oxygen atoms in total. The third-order valence-electron chi connectivity index (χ3n) is 0.485. The van der Waals surface area contributed by atoms with Crippen molar-refractivity contribution in [1.82, 2.24) is 0 Å². The largest absolute Gasteiger partial charge is 0.490 e. The van der Waals surface area contributed by atoms with Crippen LogP contribution >= 0.6 is 0 Å². The second kappa shape index (κ2) is 4.67. The molecule has 2 N–H and O–H groups in total. The second-order valence-electron chi connectivity index (χ2n) is 1.61. The van der Waals surface area contributed by atoms with E-state index in [-0.39, 0.29) is 0 Å². The van der Waals surface area contributed by atoms with E-state index < -0.39 is 24.3 Å². The van der Waals surface area contributed by atoms with E-state index in [1.165, 1.54) is 0 Å². The highest BCUT2D eigenvalue weighted by Gasteiger charge is 2.38. The number of alkyl halides is 6. The molecule has 0 aromatic heterocycles. The number of aliphatic carboxylic acids is 2. The fraction of sp³-hybridized carbons (Fsp3) is 0.500. The van der Waals surface area contributed by atoms with Gasteiger partial charge in [0, 0.05) is 0 Å². The van der Waals surface area contributed by atoms with Gasteiger partial charge in [-0.25, -0.2) is 9.59 Å². The summed E-state index contributed by atoms with van der Waals surface area (Å²) in [5.74, 6) is -5.51. The quantitative estimate of drug-likeness (QED) is 0.612. The van der Waals surface area contributed by atoms with Gasteiger partial charge in [-0.2, -0.15) is 26.3 Å². The minimum Gasteiger partial charge on any atom is -0.475 e. The van der Waals surface area contributed by atoms with Gasteiger partial charge in [0.1, 0.15) is 0 Å². The van der Waals surface area contributed by atoms with Crippen molar-refractivity contribution >= 4 is 11.9 Å². The van der Waals surface area contributed by atoms with Gasteiger partial charge in [-0.15, -0.1) is 0 Å². The van der Waals surface area contributed by atoms with Crippen LogP contribution in [0.2, 0.25) is 0 Å². The Kier molecular flexibility index (Phi) is 5.01. The molecule has 14 heavy (non-hydrogen) atoms. The van der Waals surface area contributed by atoms with Crippen molar-refractivity contribution < 1.29 is 46.1 Å². The first-order valence-electron chi connectivity index (χ1n) is 2.49. The van der Waals surface area contributed by atoms with E-state index in [0.717, 1.165) is 0 Å². The minimum absolute atomic E-state index is 2.76. The summed E-state index contributed by atoms with van der Waals surface area (Å²) in [5, 5.41) is 14.2. The molecule has 0 fully saturated rings. The van der Waals surface area contributed by atoms with Gasteiger partial charge in [0.15, 0.2) is 0 Å². The molecule has 0 aliphatic rings. The summed E-state index contributed by atoms with van der Waals surface area (Å²) in [5.41, 5.74) is 0. The van der Waals surface area contributed by atoms with E-state index in [4.69, 9.17) is 19.8 Å². The van der Waals surface area contributed by atoms with Crippen LogP contribution in [0.25, 0.3) is 0 Å². The summed E-state index contributed by atoms with van der Waals surface area (Å²) in [6, 6.07) is 0. The number of carbonyl (C=O) groups is 2. The summed E-state index contributed by atoms with van der Waals surface area (Å²) < 4.78 is 63.5. The van der Waals surface area contributed by atoms with E-state index in [9.17, 15) is 26.3 Å². The smallest absolute Gasteiger partial charge is 0.475 e. The Morgan fingerprint density at radius 1 is 0.714 bits per heavy atom. The molecule has 0 aliphatic carbocycles. The molecule has 0 spiro atoms. The Bertz CT molecular complexity index is 191. The fourth-order valence-electron chi connectivity index (χ4n) is 0. The first-order valence-corrected chi connectivity index (χ1v) is 2.49. The Hall–Kier alpha value is -1.48. The lowest BCUT2D eigenvalue weighted by atomic mass is 10.7. The molecule has 0 amide bonds. The minimum atomic E-state index is -5.08. The van der Waals surface area contributed by atoms with Crippen LogP contribution in [0.1, 0.15) is 0 Å². The zero-order valence-corrected chi connectivity index (χ0v) is 5.98. The van der Waals surface area contributed by atoms with Crippen LogP contribution in [0, 0.1) is 0 Å². The molecule has 0 heterocycles. The van der Waals surface area contributed by atoms with Gasteiger partial charge in [0.25, 0.3) is 0 Å². The zero-order valence-electron chi connectivity index (χ0n) is 5.98. The lowest BCUT2D eigenvalue weighted by Gasteiger charge is -1.93. The number of hydrogen-bond acceptors (Lipinski definition) is 2. The SMILES string of the molecule is O=C(O)C(F)(F)F.O=C(O)C(F)(F)F. The molecule has 0 aromatic rings. The predicted molar refractivity (Wildman–Crippen MR) is 27.4 cm³/mol. The lowest BCUT2D eigenvalue weighted by Crippen LogP contribution is -2.21. The van der Waals surface area contributed by atoms with Gasteiger partial charge >= 0.3 is 24.3 Å². The van der Waals surface area contributed by atoms with Crippen molar-refractivity contribution in [2.24, 2.45) is 0 Å². The average molecular weight is 228 g/mol. The Labute approximate surface area is 71.7 Å². The third-order valence-corrected chi connectivity index (χ3v) is 0.485. The van der Waals surface area contributed by atoms with Crippen LogP contribution in [0.15, 0.2) is 0 Å². The third kappa shape index (κ3) is 8.62. The molecule has 0 radical (unpaired) electrons. The summed E-state index contributed by atoms with van der Waals surface area (Å²) in [4.78, 5) is 17.8. The lowest BCUT2D eigenvalue weighted by molar-refractivity contribution is -0.193. The molecular formula is C4H2F6O4. The maximum atomic E-state index is 10.6. The van der Waals surface area contributed by atoms with Gasteiger partial charge in [-0.3, -0.25) is 0 Å². The number of rotatable bonds is 0. The molecular weight excluding hydrogens is 226 g/mol. The summed E-state index contributed by atoms with van der Waals surface area (Å²) in [6.07, 6.45) is -10.2. The summed E-state index contributed by atoms with van der Waals surface area (Å²) in [7, 11) is 0. The molecule has 0 saturated carbocycles. The van der Waals surface area contributed by atoms with Crippen LogP contribution in [0.5, 0.6) is 0 Å². The number of hydrogen-bond donors (Lipinski definition) is 2. The summed E-state index contributed by atoms with van der Waals surface area (Å²) in [6.45, 7) is 0. The van der Waals surface area contributed by atoms with Crippen LogP contribution in [0.3, 0.4) is 0 Å². The summed E-state index contributed by atoms with van der Waals surface area (Å²) >= 11 is 0. The van der Waals surface area contributed by atoms with Gasteiger partial charge in [0.2, 0.25) is 0 Å². The van der Waals surface area contributed by atoms with E-state index in [2.05, 4.69) is 0 Å². The molecule has 0 bridgehead atoms. The van der Waals surface area contributed by atoms with Crippen molar-refractivity contribution in [3.05, 3.63) is 0 Å². The van der Waals surface area contributed by atoms with Gasteiger partial charge in [0.05, 0.1) is 0 Å². The zero-order chi connectivity index (χ0) is 12.2. The van der Waals surface area contributed by atoms with E-state index in [0.29, 0.717) is 0 Å². The highest BCUT2D eigenvalue weighted by atomic mass is 19.4. The molecule has 0 saturated heterocycles. The number of carboxylic acids is 2. The molecule has 0 aromatic carbocycles. The fourth-order valence-corrected chi connectivity index (χ4v) is 0. The van der Waals surface area contributed by atoms with E-state index in [1.807, 2.05) is 0 Å². The van der Waals surface area contributed by atoms with E-state index in [1.54, 1.807) is 0 Å². The molecule has 0 rings (SSSR count). The van der Waals surface area contributed by atoms with Gasteiger partial charge in [-0.05, 0) is 0 Å². The Morgan fingerprint density at radius 2 is 0.786 bits per heavy atom. The van der Waals surface area contributed by atoms with Crippen molar-refractivity contribution in [2.45, 2.75) is 12.4 Å². The highest BCUT2D eigenvalue weighted by Crippen LogP contribution is 2.13. The van der Waals surface area contributed by atoms with Crippen molar-refractivity contribution in [3.8, 4) is 0 Å². The van der Waals surface area contributed by atoms with Crippen LogP contribution in [-0.4, -0.2) is 34.5 Å². The van der Waals surface area contributed by atoms with Crippen LogP contribution in [0.4, 0.5) is 26.3 Å². The highest BCUT2D eigenvalue weighted by molar-refractivity contribution is 5.73. The first-order chi connectivity index (χ1) is 5.89. The average Bonchev–Trinajstić information content (AvgIpc) is 1.83. The molecule has 0 unspecified atom stereocenters. The molecule has 0 atom stereocenters. The van der Waals surface area contributed by atoms with Crippen molar-refractivity contribution in [2.75, 3.05) is 0 Å². The first kappa shape index (κ1) is 15.0.